The third kappa shape index (κ3) is 3.13. The molecule has 3 atom stereocenters. The van der Waals surface area contributed by atoms with Crippen LogP contribution in [0.3, 0.4) is 0 Å². The molecule has 2 heterocycles. The zero-order chi connectivity index (χ0) is 15.7. The normalized spacial score (nSPS) is 23.8. The van der Waals surface area contributed by atoms with E-state index in [1.54, 1.807) is 6.33 Å². The number of nitrogens with zero attached hydrogens (tertiary/aromatic N) is 2. The first-order valence-electron chi connectivity index (χ1n) is 7.75. The average molecular weight is 324 g/mol. The Balaban J connectivity index is 1.71. The summed E-state index contributed by atoms with van der Waals surface area (Å²) >= 11 is 6.11. The molecule has 2 aromatic rings. The van der Waals surface area contributed by atoms with Crippen LogP contribution in [0.25, 0.3) is 11.0 Å². The number of piperidine rings is 1. The van der Waals surface area contributed by atoms with E-state index in [1.807, 2.05) is 23.6 Å². The first-order valence-corrected chi connectivity index (χ1v) is 8.13. The average Bonchev–Trinajstić information content (AvgIpc) is 2.89. The van der Waals surface area contributed by atoms with Crippen LogP contribution in [0.2, 0.25) is 5.02 Å². The van der Waals surface area contributed by atoms with Gasteiger partial charge in [-0.1, -0.05) is 11.6 Å². The fourth-order valence-corrected chi connectivity index (χ4v) is 3.31. The second-order valence-corrected chi connectivity index (χ2v) is 6.50. The van der Waals surface area contributed by atoms with Gasteiger partial charge in [-0.15, -0.1) is 0 Å². The van der Waals surface area contributed by atoms with Crippen molar-refractivity contribution in [1.29, 1.82) is 0 Å². The Kier molecular flexibility index (Phi) is 4.68. The number of benzene rings is 1. The second kappa shape index (κ2) is 6.54. The summed E-state index contributed by atoms with van der Waals surface area (Å²) in [6, 6.07) is 3.75. The number of rotatable bonds is 4. The van der Waals surface area contributed by atoms with Crippen LogP contribution in [-0.2, 0) is 6.54 Å². The summed E-state index contributed by atoms with van der Waals surface area (Å²) in [5, 5.41) is 24.3. The van der Waals surface area contributed by atoms with Crippen LogP contribution in [0.15, 0.2) is 18.5 Å². The summed E-state index contributed by atoms with van der Waals surface area (Å²) in [5.74, 6) is 0. The molecule has 22 heavy (non-hydrogen) atoms. The molecule has 0 spiro atoms. The van der Waals surface area contributed by atoms with Crippen LogP contribution < -0.4 is 5.32 Å². The number of aliphatic hydroxyl groups excluding tert-OH is 2. The summed E-state index contributed by atoms with van der Waals surface area (Å²) in [7, 11) is 0. The number of aliphatic hydroxyl groups is 2. The molecule has 1 aromatic heterocycles. The minimum atomic E-state index is -0.529. The van der Waals surface area contributed by atoms with Crippen LogP contribution in [0.5, 0.6) is 0 Å². The molecule has 1 saturated heterocycles. The largest absolute Gasteiger partial charge is 0.392 e. The Morgan fingerprint density at radius 3 is 3.09 bits per heavy atom. The molecule has 0 aliphatic carbocycles. The minimum Gasteiger partial charge on any atom is -0.392 e. The van der Waals surface area contributed by atoms with E-state index < -0.39 is 6.10 Å². The van der Waals surface area contributed by atoms with Gasteiger partial charge in [-0.2, -0.15) is 0 Å². The van der Waals surface area contributed by atoms with Crippen molar-refractivity contribution in [1.82, 2.24) is 14.9 Å². The monoisotopic (exact) mass is 323 g/mol. The number of halogens is 1. The standard InChI is InChI=1S/C16H22ClN3O2/c1-10-12(17)4-5-14-16(10)19-9-20(14)8-11(21)7-13-15(22)3-2-6-18-13/h4-5,9,11,13,15,18,21-22H,2-3,6-8H2,1H3/t11?,13-,15+/m1/s1. The van der Waals surface area contributed by atoms with Crippen molar-refractivity contribution < 1.29 is 10.2 Å². The van der Waals surface area contributed by atoms with E-state index in [2.05, 4.69) is 10.3 Å². The molecule has 6 heteroatoms. The predicted octanol–water partition coefficient (Wildman–Crippen LogP) is 1.86. The highest BCUT2D eigenvalue weighted by atomic mass is 35.5. The van der Waals surface area contributed by atoms with Gasteiger partial charge in [-0.3, -0.25) is 0 Å². The molecule has 3 N–H and O–H groups in total. The molecule has 1 aromatic carbocycles. The Bertz CT molecular complexity index is 658. The quantitative estimate of drug-likeness (QED) is 0.803. The Hall–Kier alpha value is -1.14. The van der Waals surface area contributed by atoms with Gasteiger partial charge >= 0.3 is 0 Å². The zero-order valence-corrected chi connectivity index (χ0v) is 13.4. The molecule has 1 aliphatic heterocycles. The van der Waals surface area contributed by atoms with Gasteiger partial charge in [-0.25, -0.2) is 4.98 Å². The fraction of sp³-hybridized carbons (Fsp3) is 0.562. The molecule has 0 saturated carbocycles. The van der Waals surface area contributed by atoms with E-state index in [0.717, 1.165) is 36.0 Å². The molecule has 120 valence electrons. The number of aryl methyl sites for hydroxylation is 1. The highest BCUT2D eigenvalue weighted by Gasteiger charge is 2.25. The predicted molar refractivity (Wildman–Crippen MR) is 87.1 cm³/mol. The van der Waals surface area contributed by atoms with Crippen molar-refractivity contribution in [2.45, 2.75) is 51.0 Å². The van der Waals surface area contributed by atoms with Crippen LogP contribution in [0, 0.1) is 6.92 Å². The number of hydrogen-bond donors (Lipinski definition) is 3. The second-order valence-electron chi connectivity index (χ2n) is 6.10. The van der Waals surface area contributed by atoms with Crippen LogP contribution in [0.4, 0.5) is 0 Å². The van der Waals surface area contributed by atoms with Crippen LogP contribution in [0.1, 0.15) is 24.8 Å². The van der Waals surface area contributed by atoms with E-state index >= 15 is 0 Å². The molecule has 1 unspecified atom stereocenters. The number of imidazole rings is 1. The lowest BCUT2D eigenvalue weighted by molar-refractivity contribution is 0.0547. The van der Waals surface area contributed by atoms with Crippen molar-refractivity contribution in [2.75, 3.05) is 6.54 Å². The first-order chi connectivity index (χ1) is 10.6. The highest BCUT2D eigenvalue weighted by molar-refractivity contribution is 6.32. The Morgan fingerprint density at radius 1 is 1.50 bits per heavy atom. The van der Waals surface area contributed by atoms with E-state index in [9.17, 15) is 10.2 Å². The van der Waals surface area contributed by atoms with Gasteiger partial charge in [0, 0.05) is 11.1 Å². The van der Waals surface area contributed by atoms with Crippen LogP contribution in [-0.4, -0.2) is 44.6 Å². The van der Waals surface area contributed by atoms with Crippen molar-refractivity contribution in [3.05, 3.63) is 29.0 Å². The van der Waals surface area contributed by atoms with Gasteiger partial charge in [-0.05, 0) is 50.4 Å². The molecule has 0 bridgehead atoms. The SMILES string of the molecule is Cc1c(Cl)ccc2c1ncn2CC(O)C[C@H]1NCCC[C@@H]1O. The summed E-state index contributed by atoms with van der Waals surface area (Å²) in [5.41, 5.74) is 2.80. The minimum absolute atomic E-state index is 0.0327. The number of fused-ring (bicyclic) bond motifs is 1. The van der Waals surface area contributed by atoms with Gasteiger partial charge in [0.25, 0.3) is 0 Å². The molecule has 3 rings (SSSR count). The topological polar surface area (TPSA) is 70.3 Å². The summed E-state index contributed by atoms with van der Waals surface area (Å²) in [4.78, 5) is 4.40. The lowest BCUT2D eigenvalue weighted by Crippen LogP contribution is -2.46. The smallest absolute Gasteiger partial charge is 0.0959 e. The molecule has 5 nitrogen and oxygen atoms in total. The number of hydrogen-bond acceptors (Lipinski definition) is 4. The van der Waals surface area contributed by atoms with Crippen LogP contribution >= 0.6 is 11.6 Å². The van der Waals surface area contributed by atoms with Gasteiger partial charge in [0.15, 0.2) is 0 Å². The lowest BCUT2D eigenvalue weighted by atomic mass is 9.96. The van der Waals surface area contributed by atoms with E-state index in [4.69, 9.17) is 11.6 Å². The summed E-state index contributed by atoms with van der Waals surface area (Å²) < 4.78 is 1.94. The Labute approximate surface area is 134 Å². The van der Waals surface area contributed by atoms with Gasteiger partial charge in [0.1, 0.15) is 0 Å². The third-order valence-electron chi connectivity index (χ3n) is 4.46. The maximum Gasteiger partial charge on any atom is 0.0959 e. The van der Waals surface area contributed by atoms with Gasteiger partial charge in [0.05, 0.1) is 36.1 Å². The number of aromatic nitrogens is 2. The van der Waals surface area contributed by atoms with E-state index in [0.29, 0.717) is 18.0 Å². The van der Waals surface area contributed by atoms with Gasteiger partial charge < -0.3 is 20.1 Å². The maximum atomic E-state index is 10.3. The van der Waals surface area contributed by atoms with Crippen molar-refractivity contribution >= 4 is 22.6 Å². The fourth-order valence-electron chi connectivity index (χ4n) is 3.16. The zero-order valence-electron chi connectivity index (χ0n) is 12.7. The molecular weight excluding hydrogens is 302 g/mol. The maximum absolute atomic E-state index is 10.3. The molecule has 0 radical (unpaired) electrons. The van der Waals surface area contributed by atoms with Gasteiger partial charge in [0.2, 0.25) is 0 Å². The lowest BCUT2D eigenvalue weighted by Gasteiger charge is -2.30. The summed E-state index contributed by atoms with van der Waals surface area (Å²) in [6.45, 7) is 3.31. The Morgan fingerprint density at radius 2 is 2.32 bits per heavy atom. The number of nitrogens with one attached hydrogen (secondary N) is 1. The highest BCUT2D eigenvalue weighted by Crippen LogP contribution is 2.24. The first kappa shape index (κ1) is 15.7. The van der Waals surface area contributed by atoms with Crippen molar-refractivity contribution in [3.63, 3.8) is 0 Å². The van der Waals surface area contributed by atoms with Crippen molar-refractivity contribution in [2.24, 2.45) is 0 Å². The summed E-state index contributed by atoms with van der Waals surface area (Å²) in [6.07, 6.45) is 3.16. The molecule has 1 aliphatic rings. The molecule has 0 amide bonds. The van der Waals surface area contributed by atoms with E-state index in [1.165, 1.54) is 0 Å². The third-order valence-corrected chi connectivity index (χ3v) is 4.87. The molecular formula is C16H22ClN3O2. The molecule has 1 fully saturated rings. The van der Waals surface area contributed by atoms with E-state index in [-0.39, 0.29) is 12.1 Å². The van der Waals surface area contributed by atoms with Crippen molar-refractivity contribution in [3.8, 4) is 0 Å².